The van der Waals surface area contributed by atoms with Crippen LogP contribution in [-0.4, -0.2) is 23.4 Å². The van der Waals surface area contributed by atoms with Gasteiger partial charge in [-0.05, 0) is 44.9 Å². The molecule has 1 rings (SSSR count). The van der Waals surface area contributed by atoms with Crippen molar-refractivity contribution >= 4 is 0 Å². The van der Waals surface area contributed by atoms with E-state index >= 15 is 0 Å². The van der Waals surface area contributed by atoms with Crippen LogP contribution in [0.25, 0.3) is 0 Å². The molecule has 3 heteroatoms. The second-order valence-corrected chi connectivity index (χ2v) is 5.64. The Labute approximate surface area is 117 Å². The predicted molar refractivity (Wildman–Crippen MR) is 79.4 cm³/mol. The quantitative estimate of drug-likeness (QED) is 0.759. The molecule has 1 aromatic rings. The first-order valence-corrected chi connectivity index (χ1v) is 7.10. The van der Waals surface area contributed by atoms with E-state index in [1.807, 2.05) is 26.0 Å². The van der Waals surface area contributed by atoms with Gasteiger partial charge >= 0.3 is 0 Å². The zero-order valence-electron chi connectivity index (χ0n) is 12.6. The van der Waals surface area contributed by atoms with Crippen molar-refractivity contribution < 1.29 is 9.84 Å². The first kappa shape index (κ1) is 16.0. The Hall–Kier alpha value is -1.06. The third-order valence-electron chi connectivity index (χ3n) is 3.14. The second kappa shape index (κ2) is 7.51. The molecule has 0 aliphatic rings. The number of aliphatic hydroxyl groups excluding tert-OH is 1. The van der Waals surface area contributed by atoms with E-state index in [0.29, 0.717) is 0 Å². The number of aliphatic hydroxyl groups is 1. The molecule has 1 atom stereocenters. The van der Waals surface area contributed by atoms with Crippen LogP contribution in [0.4, 0.5) is 0 Å². The molecule has 0 saturated heterocycles. The normalized spacial score (nSPS) is 14.4. The highest BCUT2D eigenvalue weighted by Crippen LogP contribution is 2.17. The van der Waals surface area contributed by atoms with Crippen molar-refractivity contribution in [2.24, 2.45) is 0 Å². The molecule has 3 nitrogen and oxygen atoms in total. The van der Waals surface area contributed by atoms with Crippen molar-refractivity contribution in [3.05, 3.63) is 29.8 Å². The molecule has 1 unspecified atom stereocenters. The number of hydrogen-bond donors (Lipinski definition) is 2. The Morgan fingerprint density at radius 3 is 2.68 bits per heavy atom. The standard InChI is InChI=1S/C16H27NO2/c1-5-9-16(4,12-18)17-11-14-7-6-8-15(10-14)19-13(2)3/h6-8,10,13,17-18H,5,9,11-12H2,1-4H3. The SMILES string of the molecule is CCCC(C)(CO)NCc1cccc(OC(C)C)c1. The molecule has 0 aliphatic carbocycles. The van der Waals surface area contributed by atoms with Gasteiger partial charge in [0.15, 0.2) is 0 Å². The minimum atomic E-state index is -0.205. The summed E-state index contributed by atoms with van der Waals surface area (Å²) < 4.78 is 5.68. The Morgan fingerprint density at radius 2 is 2.11 bits per heavy atom. The summed E-state index contributed by atoms with van der Waals surface area (Å²) >= 11 is 0. The van der Waals surface area contributed by atoms with Crippen LogP contribution in [0.3, 0.4) is 0 Å². The summed E-state index contributed by atoms with van der Waals surface area (Å²) in [6, 6.07) is 8.10. The third-order valence-corrected chi connectivity index (χ3v) is 3.14. The van der Waals surface area contributed by atoms with E-state index in [2.05, 4.69) is 31.3 Å². The molecule has 0 fully saturated rings. The topological polar surface area (TPSA) is 41.5 Å². The van der Waals surface area contributed by atoms with Crippen LogP contribution >= 0.6 is 0 Å². The Morgan fingerprint density at radius 1 is 1.37 bits per heavy atom. The molecule has 1 aromatic carbocycles. The molecule has 19 heavy (non-hydrogen) atoms. The molecule has 0 aliphatic heterocycles. The van der Waals surface area contributed by atoms with Gasteiger partial charge in [0, 0.05) is 12.1 Å². The smallest absolute Gasteiger partial charge is 0.120 e. The second-order valence-electron chi connectivity index (χ2n) is 5.64. The van der Waals surface area contributed by atoms with Crippen LogP contribution in [0.5, 0.6) is 5.75 Å². The van der Waals surface area contributed by atoms with Crippen molar-refractivity contribution in [3.63, 3.8) is 0 Å². The minimum Gasteiger partial charge on any atom is -0.491 e. The third kappa shape index (κ3) is 5.62. The lowest BCUT2D eigenvalue weighted by Gasteiger charge is -2.28. The van der Waals surface area contributed by atoms with Crippen molar-refractivity contribution in [1.29, 1.82) is 0 Å². The van der Waals surface area contributed by atoms with Gasteiger partial charge in [-0.25, -0.2) is 0 Å². The first-order valence-electron chi connectivity index (χ1n) is 7.10. The van der Waals surface area contributed by atoms with Crippen molar-refractivity contribution in [3.8, 4) is 5.75 Å². The molecule has 0 bridgehead atoms. The molecular formula is C16H27NO2. The highest BCUT2D eigenvalue weighted by molar-refractivity contribution is 5.28. The van der Waals surface area contributed by atoms with Gasteiger partial charge in [-0.1, -0.05) is 25.5 Å². The molecule has 0 amide bonds. The van der Waals surface area contributed by atoms with E-state index < -0.39 is 0 Å². The minimum absolute atomic E-state index is 0.156. The average molecular weight is 265 g/mol. The summed E-state index contributed by atoms with van der Waals surface area (Å²) in [6.07, 6.45) is 2.21. The number of ether oxygens (including phenoxy) is 1. The van der Waals surface area contributed by atoms with Crippen molar-refractivity contribution in [2.75, 3.05) is 6.61 Å². The van der Waals surface area contributed by atoms with Crippen LogP contribution in [0, 0.1) is 0 Å². The number of nitrogens with one attached hydrogen (secondary N) is 1. The number of rotatable bonds is 8. The fraction of sp³-hybridized carbons (Fsp3) is 0.625. The maximum Gasteiger partial charge on any atom is 0.120 e. The van der Waals surface area contributed by atoms with Gasteiger partial charge in [0.2, 0.25) is 0 Å². The molecule has 108 valence electrons. The largest absolute Gasteiger partial charge is 0.491 e. The predicted octanol–water partition coefficient (Wildman–Crippen LogP) is 3.11. The summed E-state index contributed by atoms with van der Waals surface area (Å²) in [5.41, 5.74) is 0.970. The number of benzene rings is 1. The van der Waals surface area contributed by atoms with Crippen LogP contribution in [0.15, 0.2) is 24.3 Å². The molecular weight excluding hydrogens is 238 g/mol. The molecule has 0 spiro atoms. The highest BCUT2D eigenvalue weighted by atomic mass is 16.5. The van der Waals surface area contributed by atoms with Crippen LogP contribution in [0.2, 0.25) is 0 Å². The van der Waals surface area contributed by atoms with Crippen LogP contribution < -0.4 is 10.1 Å². The average Bonchev–Trinajstić information content (AvgIpc) is 2.36. The lowest BCUT2D eigenvalue weighted by molar-refractivity contribution is 0.163. The van der Waals surface area contributed by atoms with E-state index in [-0.39, 0.29) is 18.2 Å². The Kier molecular flexibility index (Phi) is 6.32. The van der Waals surface area contributed by atoms with Crippen LogP contribution in [0.1, 0.15) is 46.1 Å². The van der Waals surface area contributed by atoms with E-state index in [9.17, 15) is 5.11 Å². The summed E-state index contributed by atoms with van der Waals surface area (Å²) in [5.74, 6) is 0.899. The van der Waals surface area contributed by atoms with E-state index in [4.69, 9.17) is 4.74 Å². The lowest BCUT2D eigenvalue weighted by Crippen LogP contribution is -2.45. The molecule has 0 heterocycles. The number of hydrogen-bond acceptors (Lipinski definition) is 3. The van der Waals surface area contributed by atoms with E-state index in [1.54, 1.807) is 0 Å². The summed E-state index contributed by atoms with van der Waals surface area (Å²) in [7, 11) is 0. The maximum atomic E-state index is 9.48. The van der Waals surface area contributed by atoms with Gasteiger partial charge < -0.3 is 15.2 Å². The molecule has 2 N–H and O–H groups in total. The van der Waals surface area contributed by atoms with Gasteiger partial charge in [0.1, 0.15) is 5.75 Å². The van der Waals surface area contributed by atoms with E-state index in [0.717, 1.165) is 25.1 Å². The summed E-state index contributed by atoms with van der Waals surface area (Å²) in [5, 5.41) is 12.9. The Balaban J connectivity index is 2.61. The lowest BCUT2D eigenvalue weighted by atomic mass is 9.97. The first-order chi connectivity index (χ1) is 8.99. The maximum absolute atomic E-state index is 9.48. The fourth-order valence-electron chi connectivity index (χ4n) is 2.09. The molecule has 0 saturated carbocycles. The molecule has 0 radical (unpaired) electrons. The zero-order chi connectivity index (χ0) is 14.3. The van der Waals surface area contributed by atoms with Gasteiger partial charge in [0.05, 0.1) is 12.7 Å². The monoisotopic (exact) mass is 265 g/mol. The molecule has 0 aromatic heterocycles. The van der Waals surface area contributed by atoms with Gasteiger partial charge in [-0.3, -0.25) is 0 Å². The van der Waals surface area contributed by atoms with Gasteiger partial charge in [-0.2, -0.15) is 0 Å². The fourth-order valence-corrected chi connectivity index (χ4v) is 2.09. The zero-order valence-corrected chi connectivity index (χ0v) is 12.6. The highest BCUT2D eigenvalue weighted by Gasteiger charge is 2.21. The van der Waals surface area contributed by atoms with Gasteiger partial charge in [0.25, 0.3) is 0 Å². The van der Waals surface area contributed by atoms with Crippen LogP contribution in [-0.2, 0) is 6.54 Å². The van der Waals surface area contributed by atoms with Crippen molar-refractivity contribution in [1.82, 2.24) is 5.32 Å². The summed E-state index contributed by atoms with van der Waals surface area (Å²) in [4.78, 5) is 0. The Bertz CT molecular complexity index is 379. The van der Waals surface area contributed by atoms with Crippen molar-refractivity contribution in [2.45, 2.75) is 58.7 Å². The summed E-state index contributed by atoms with van der Waals surface area (Å²) in [6.45, 7) is 9.14. The van der Waals surface area contributed by atoms with Gasteiger partial charge in [-0.15, -0.1) is 0 Å². The van der Waals surface area contributed by atoms with E-state index in [1.165, 1.54) is 5.56 Å².